The number of carbonyl (C=O) groups is 2. The number of likely N-dealkylation sites (N-methyl/N-ethyl adjacent to an activating group) is 1. The molecule has 3 aromatic rings. The lowest BCUT2D eigenvalue weighted by Gasteiger charge is -2.32. The summed E-state index contributed by atoms with van der Waals surface area (Å²) in [6.07, 6.45) is 7.05. The first-order valence-electron chi connectivity index (χ1n) is 10.4. The van der Waals surface area contributed by atoms with E-state index in [4.69, 9.17) is 0 Å². The van der Waals surface area contributed by atoms with E-state index in [1.807, 2.05) is 35.0 Å². The Morgan fingerprint density at radius 3 is 2.58 bits per heavy atom. The summed E-state index contributed by atoms with van der Waals surface area (Å²) in [7, 11) is 3.49. The fourth-order valence-corrected chi connectivity index (χ4v) is 3.73. The number of hydrogen-bond donors (Lipinski definition) is 2. The van der Waals surface area contributed by atoms with Gasteiger partial charge < -0.3 is 25.0 Å². The minimum atomic E-state index is -0.212. The highest BCUT2D eigenvalue weighted by molar-refractivity contribution is 5.93. The minimum Gasteiger partial charge on any atom is -0.347 e. The Hall–Kier alpha value is -3.62. The third kappa shape index (κ3) is 4.93. The van der Waals surface area contributed by atoms with Crippen molar-refractivity contribution in [3.05, 3.63) is 48.9 Å². The van der Waals surface area contributed by atoms with Gasteiger partial charge in [0.25, 0.3) is 0 Å². The number of benzene rings is 1. The highest BCUT2D eigenvalue weighted by atomic mass is 16.2. The van der Waals surface area contributed by atoms with Crippen LogP contribution < -0.4 is 15.5 Å². The van der Waals surface area contributed by atoms with Crippen molar-refractivity contribution >= 4 is 34.5 Å². The van der Waals surface area contributed by atoms with Crippen LogP contribution in [0.25, 0.3) is 10.9 Å². The van der Waals surface area contributed by atoms with Crippen molar-refractivity contribution in [1.82, 2.24) is 24.8 Å². The van der Waals surface area contributed by atoms with Crippen LogP contribution in [0.4, 0.5) is 16.4 Å². The van der Waals surface area contributed by atoms with Crippen molar-refractivity contribution in [3.8, 4) is 0 Å². The lowest BCUT2D eigenvalue weighted by atomic mass is 10.1. The predicted octanol–water partition coefficient (Wildman–Crippen LogP) is 2.31. The Balaban J connectivity index is 1.31. The zero-order chi connectivity index (χ0) is 21.8. The number of aromatic nitrogens is 3. The molecule has 0 aliphatic carbocycles. The summed E-state index contributed by atoms with van der Waals surface area (Å²) in [5, 5.41) is 6.95. The number of nitrogens with one attached hydrogen (secondary N) is 2. The maximum Gasteiger partial charge on any atom is 0.319 e. The van der Waals surface area contributed by atoms with Crippen LogP contribution in [0.5, 0.6) is 0 Å². The molecule has 0 radical (unpaired) electrons. The predicted molar refractivity (Wildman–Crippen MR) is 120 cm³/mol. The van der Waals surface area contributed by atoms with Crippen LogP contribution in [0, 0.1) is 0 Å². The van der Waals surface area contributed by atoms with Crippen LogP contribution in [-0.2, 0) is 11.3 Å². The summed E-state index contributed by atoms with van der Waals surface area (Å²) in [6, 6.07) is 9.35. The Morgan fingerprint density at radius 1 is 1.13 bits per heavy atom. The van der Waals surface area contributed by atoms with Gasteiger partial charge in [0.1, 0.15) is 6.54 Å². The fraction of sp³-hybridized carbons (Fsp3) is 0.364. The number of urea groups is 1. The standard InChI is InChI=1S/C22H27N7O2/c1-27(2)20(30)15-29-11-6-16-14-18(4-5-19(16)29)26-22(31)25-17-7-12-28(13-8-17)21-23-9-3-10-24-21/h3-6,9-11,14,17H,7-8,12-13,15H2,1-2H3,(H2,25,26,31). The van der Waals surface area contributed by atoms with Crippen molar-refractivity contribution < 1.29 is 9.59 Å². The van der Waals surface area contributed by atoms with E-state index in [1.165, 1.54) is 0 Å². The number of rotatable bonds is 5. The molecule has 31 heavy (non-hydrogen) atoms. The molecule has 4 rings (SSSR count). The van der Waals surface area contributed by atoms with Crippen LogP contribution in [0.15, 0.2) is 48.9 Å². The van der Waals surface area contributed by atoms with Crippen LogP contribution in [0.3, 0.4) is 0 Å². The maximum absolute atomic E-state index is 12.5. The van der Waals surface area contributed by atoms with Crippen LogP contribution in [-0.4, -0.2) is 64.6 Å². The molecule has 1 fully saturated rings. The van der Waals surface area contributed by atoms with Crippen LogP contribution in [0.1, 0.15) is 12.8 Å². The number of amides is 3. The molecule has 1 aliphatic heterocycles. The van der Waals surface area contributed by atoms with Crippen LogP contribution >= 0.6 is 0 Å². The summed E-state index contributed by atoms with van der Waals surface area (Å²) >= 11 is 0. The smallest absolute Gasteiger partial charge is 0.319 e. The van der Waals surface area contributed by atoms with Gasteiger partial charge in [0.15, 0.2) is 0 Å². The molecule has 0 bridgehead atoms. The number of fused-ring (bicyclic) bond motifs is 1. The largest absolute Gasteiger partial charge is 0.347 e. The van der Waals surface area contributed by atoms with Gasteiger partial charge in [0, 0.05) is 68.4 Å². The first kappa shape index (κ1) is 20.6. The molecule has 162 valence electrons. The average molecular weight is 422 g/mol. The van der Waals surface area contributed by atoms with E-state index in [9.17, 15) is 9.59 Å². The van der Waals surface area contributed by atoms with E-state index >= 15 is 0 Å². The van der Waals surface area contributed by atoms with E-state index in [2.05, 4.69) is 25.5 Å². The molecule has 9 heteroatoms. The van der Waals surface area contributed by atoms with E-state index in [0.717, 1.165) is 48.5 Å². The molecule has 0 spiro atoms. The van der Waals surface area contributed by atoms with Gasteiger partial charge >= 0.3 is 6.03 Å². The van der Waals surface area contributed by atoms with Gasteiger partial charge in [-0.15, -0.1) is 0 Å². The monoisotopic (exact) mass is 421 g/mol. The minimum absolute atomic E-state index is 0.0314. The van der Waals surface area contributed by atoms with Crippen molar-refractivity contribution in [2.45, 2.75) is 25.4 Å². The van der Waals surface area contributed by atoms with Gasteiger partial charge in [-0.2, -0.15) is 0 Å². The van der Waals surface area contributed by atoms with Crippen molar-refractivity contribution in [2.75, 3.05) is 37.4 Å². The normalized spacial score (nSPS) is 14.5. The zero-order valence-corrected chi connectivity index (χ0v) is 17.8. The van der Waals surface area contributed by atoms with Gasteiger partial charge in [0.05, 0.1) is 0 Å². The van der Waals surface area contributed by atoms with Crippen molar-refractivity contribution in [3.63, 3.8) is 0 Å². The highest BCUT2D eigenvalue weighted by Crippen LogP contribution is 2.21. The fourth-order valence-electron chi connectivity index (χ4n) is 3.73. The second kappa shape index (κ2) is 9.03. The number of piperidine rings is 1. The first-order chi connectivity index (χ1) is 15.0. The quantitative estimate of drug-likeness (QED) is 0.659. The van der Waals surface area contributed by atoms with Gasteiger partial charge in [-0.05, 0) is 43.2 Å². The van der Waals surface area contributed by atoms with Gasteiger partial charge in [-0.25, -0.2) is 14.8 Å². The zero-order valence-electron chi connectivity index (χ0n) is 17.8. The molecule has 0 unspecified atom stereocenters. The number of carbonyl (C=O) groups excluding carboxylic acids is 2. The molecule has 2 aromatic heterocycles. The third-order valence-corrected chi connectivity index (χ3v) is 5.50. The molecular formula is C22H27N7O2. The second-order valence-corrected chi connectivity index (χ2v) is 7.91. The number of nitrogens with zero attached hydrogens (tertiary/aromatic N) is 5. The Labute approximate surface area is 181 Å². The maximum atomic E-state index is 12.5. The van der Waals surface area contributed by atoms with E-state index < -0.39 is 0 Å². The van der Waals surface area contributed by atoms with Crippen molar-refractivity contribution in [2.24, 2.45) is 0 Å². The molecule has 3 heterocycles. The average Bonchev–Trinajstić information content (AvgIpc) is 3.16. The highest BCUT2D eigenvalue weighted by Gasteiger charge is 2.22. The summed E-state index contributed by atoms with van der Waals surface area (Å²) in [6.45, 7) is 1.90. The van der Waals surface area contributed by atoms with Crippen molar-refractivity contribution in [1.29, 1.82) is 0 Å². The van der Waals surface area contributed by atoms with Gasteiger partial charge in [0.2, 0.25) is 11.9 Å². The lowest BCUT2D eigenvalue weighted by Crippen LogP contribution is -2.46. The van der Waals surface area contributed by atoms with E-state index in [0.29, 0.717) is 0 Å². The molecule has 1 aromatic carbocycles. The SMILES string of the molecule is CN(C)C(=O)Cn1ccc2cc(NC(=O)NC3CCN(c4ncccn4)CC3)ccc21. The molecule has 1 aliphatic rings. The van der Waals surface area contributed by atoms with Gasteiger partial charge in [-0.1, -0.05) is 0 Å². The number of anilines is 2. The van der Waals surface area contributed by atoms with Crippen LogP contribution in [0.2, 0.25) is 0 Å². The van der Waals surface area contributed by atoms with Gasteiger partial charge in [-0.3, -0.25) is 4.79 Å². The Morgan fingerprint density at radius 2 is 1.87 bits per heavy atom. The third-order valence-electron chi connectivity index (χ3n) is 5.50. The summed E-state index contributed by atoms with van der Waals surface area (Å²) in [4.78, 5) is 36.7. The molecule has 9 nitrogen and oxygen atoms in total. The lowest BCUT2D eigenvalue weighted by molar-refractivity contribution is -0.129. The Kier molecular flexibility index (Phi) is 6.01. The molecular weight excluding hydrogens is 394 g/mol. The van der Waals surface area contributed by atoms with E-state index in [-0.39, 0.29) is 24.5 Å². The summed E-state index contributed by atoms with van der Waals surface area (Å²) < 4.78 is 1.91. The van der Waals surface area contributed by atoms with E-state index in [1.54, 1.807) is 37.5 Å². The molecule has 3 amide bonds. The Bertz CT molecular complexity index is 1060. The number of hydrogen-bond acceptors (Lipinski definition) is 5. The summed E-state index contributed by atoms with van der Waals surface area (Å²) in [5.74, 6) is 0.766. The molecule has 0 atom stereocenters. The molecule has 2 N–H and O–H groups in total. The molecule has 0 saturated carbocycles. The second-order valence-electron chi connectivity index (χ2n) is 7.91. The molecule has 1 saturated heterocycles. The topological polar surface area (TPSA) is 95.4 Å². The summed E-state index contributed by atoms with van der Waals surface area (Å²) in [5.41, 5.74) is 1.67. The first-order valence-corrected chi connectivity index (χ1v) is 10.4.